The van der Waals surface area contributed by atoms with Crippen molar-refractivity contribution in [3.05, 3.63) is 48.8 Å². The van der Waals surface area contributed by atoms with Gasteiger partial charge in [0.25, 0.3) is 0 Å². The van der Waals surface area contributed by atoms with E-state index < -0.39 is 0 Å². The molecule has 1 aliphatic rings. The van der Waals surface area contributed by atoms with Gasteiger partial charge in [0, 0.05) is 17.3 Å². The highest BCUT2D eigenvalue weighted by Gasteiger charge is 2.18. The van der Waals surface area contributed by atoms with Gasteiger partial charge in [0.15, 0.2) is 22.8 Å². The summed E-state index contributed by atoms with van der Waals surface area (Å²) in [6.07, 6.45) is 9.47. The average molecular weight is 400 g/mol. The Morgan fingerprint density at radius 3 is 3.07 bits per heavy atom. The lowest BCUT2D eigenvalue weighted by atomic mass is 10.2. The molecular formula is C18H12N10S. The Hall–Kier alpha value is -4.04. The molecule has 0 saturated carbocycles. The van der Waals surface area contributed by atoms with Crippen LogP contribution in [0.25, 0.3) is 11.2 Å². The van der Waals surface area contributed by atoms with Gasteiger partial charge < -0.3 is 15.2 Å². The van der Waals surface area contributed by atoms with Crippen molar-refractivity contribution < 1.29 is 0 Å². The van der Waals surface area contributed by atoms with E-state index in [-0.39, 0.29) is 0 Å². The first kappa shape index (κ1) is 17.1. The van der Waals surface area contributed by atoms with Crippen LogP contribution in [0.3, 0.4) is 0 Å². The van der Waals surface area contributed by atoms with Gasteiger partial charge in [-0.25, -0.2) is 24.9 Å². The quantitative estimate of drug-likeness (QED) is 0.266. The molecule has 29 heavy (non-hydrogen) atoms. The number of nitrogens with one attached hydrogen (secondary N) is 2. The van der Waals surface area contributed by atoms with Crippen molar-refractivity contribution in [1.29, 1.82) is 5.26 Å². The number of benzene rings is 1. The number of anilines is 3. The summed E-state index contributed by atoms with van der Waals surface area (Å²) < 4.78 is 1.94. The van der Waals surface area contributed by atoms with Gasteiger partial charge in [0.2, 0.25) is 6.19 Å². The Kier molecular flexibility index (Phi) is 4.23. The minimum atomic E-state index is 0.492. The van der Waals surface area contributed by atoms with E-state index in [1.807, 2.05) is 4.57 Å². The molecule has 0 atom stereocenters. The molecule has 140 valence electrons. The maximum absolute atomic E-state index is 8.51. The maximum Gasteiger partial charge on any atom is 0.207 e. The Bertz CT molecular complexity index is 1290. The van der Waals surface area contributed by atoms with Crippen molar-refractivity contribution >= 4 is 46.6 Å². The summed E-state index contributed by atoms with van der Waals surface area (Å²) in [7, 11) is 0. The normalized spacial score (nSPS) is 12.2. The second-order valence-corrected chi connectivity index (χ2v) is 7.07. The van der Waals surface area contributed by atoms with Crippen LogP contribution in [0, 0.1) is 11.5 Å². The van der Waals surface area contributed by atoms with Crippen LogP contribution in [-0.2, 0) is 6.54 Å². The largest absolute Gasteiger partial charge is 0.337 e. The van der Waals surface area contributed by atoms with Crippen LogP contribution in [0.2, 0.25) is 0 Å². The van der Waals surface area contributed by atoms with Gasteiger partial charge in [-0.2, -0.15) is 10.3 Å². The van der Waals surface area contributed by atoms with Gasteiger partial charge in [0.05, 0.1) is 18.6 Å². The summed E-state index contributed by atoms with van der Waals surface area (Å²) >= 11 is 1.59. The van der Waals surface area contributed by atoms with Crippen LogP contribution in [-0.4, -0.2) is 35.8 Å². The van der Waals surface area contributed by atoms with E-state index in [0.29, 0.717) is 23.5 Å². The molecule has 11 heteroatoms. The predicted molar refractivity (Wildman–Crippen MR) is 108 cm³/mol. The van der Waals surface area contributed by atoms with Gasteiger partial charge in [-0.3, -0.25) is 0 Å². The first-order valence-corrected chi connectivity index (χ1v) is 9.35. The summed E-state index contributed by atoms with van der Waals surface area (Å²) in [5.41, 5.74) is 3.37. The number of nitriles is 1. The summed E-state index contributed by atoms with van der Waals surface area (Å²) in [5, 5.41) is 15.6. The number of imidazole rings is 1. The topological polar surface area (TPSA) is 130 Å². The number of aromatic nitrogens is 6. The monoisotopic (exact) mass is 400 g/mol. The molecule has 10 nitrogen and oxygen atoms in total. The molecule has 0 fully saturated rings. The fourth-order valence-corrected chi connectivity index (χ4v) is 3.88. The molecule has 4 aromatic rings. The van der Waals surface area contributed by atoms with E-state index in [2.05, 4.69) is 58.7 Å². The zero-order valence-corrected chi connectivity index (χ0v) is 15.6. The third-order valence-electron chi connectivity index (χ3n) is 4.25. The highest BCUT2D eigenvalue weighted by molar-refractivity contribution is 7.99. The van der Waals surface area contributed by atoms with Gasteiger partial charge in [-0.15, -0.1) is 0 Å². The van der Waals surface area contributed by atoms with Crippen LogP contribution < -0.4 is 10.6 Å². The van der Waals surface area contributed by atoms with Crippen LogP contribution in [0.1, 0.15) is 5.56 Å². The molecule has 1 aromatic carbocycles. The molecule has 0 spiro atoms. The lowest BCUT2D eigenvalue weighted by Gasteiger charge is -2.19. The fraction of sp³-hybridized carbons (Fsp3) is 0.0556. The molecule has 4 heterocycles. The van der Waals surface area contributed by atoms with E-state index in [1.165, 1.54) is 12.7 Å². The van der Waals surface area contributed by atoms with Crippen molar-refractivity contribution in [1.82, 2.24) is 29.5 Å². The first-order chi connectivity index (χ1) is 14.3. The lowest BCUT2D eigenvalue weighted by molar-refractivity contribution is 0.812. The molecule has 3 aromatic heterocycles. The van der Waals surface area contributed by atoms with Gasteiger partial charge >= 0.3 is 0 Å². The van der Waals surface area contributed by atoms with Gasteiger partial charge in [-0.1, -0.05) is 17.8 Å². The lowest BCUT2D eigenvalue weighted by Crippen LogP contribution is -2.05. The predicted octanol–water partition coefficient (Wildman–Crippen LogP) is 2.79. The number of nitrogens with zero attached hydrogens (tertiary/aromatic N) is 8. The highest BCUT2D eigenvalue weighted by atomic mass is 32.2. The van der Waals surface area contributed by atoms with Crippen molar-refractivity contribution in [2.45, 2.75) is 16.5 Å². The standard InChI is InChI=1S/C18H12N10S/c19-7-20-8-23-15-14-17(25-9-24-15)28(10-26-14)6-11-1-2-13-12(5-11)27-16-18(29-13)22-4-3-21-16/h1-5,8-10H,6H2,(H,21,27)(H,20,23,24,25). The Labute approximate surface area is 168 Å². The first-order valence-electron chi connectivity index (χ1n) is 8.53. The Morgan fingerprint density at radius 1 is 1.21 bits per heavy atom. The summed E-state index contributed by atoms with van der Waals surface area (Å²) in [4.78, 5) is 26.2. The fourth-order valence-electron chi connectivity index (χ4n) is 3.00. The second-order valence-electron chi connectivity index (χ2n) is 6.04. The molecule has 0 aliphatic carbocycles. The van der Waals surface area contributed by atoms with Crippen LogP contribution in [0.4, 0.5) is 17.3 Å². The number of hydrogen-bond donors (Lipinski definition) is 2. The second kappa shape index (κ2) is 7.17. The van der Waals surface area contributed by atoms with Crippen molar-refractivity contribution in [2.24, 2.45) is 4.99 Å². The Balaban J connectivity index is 1.43. The van der Waals surface area contributed by atoms with E-state index in [1.54, 1.807) is 36.7 Å². The molecule has 0 saturated heterocycles. The number of fused-ring (bicyclic) bond motifs is 3. The van der Waals surface area contributed by atoms with E-state index in [4.69, 9.17) is 5.26 Å². The molecule has 0 bridgehead atoms. The molecule has 0 amide bonds. The molecule has 1 aliphatic heterocycles. The SMILES string of the molecule is N#CN=CNc1ncnc2c1ncn2Cc1ccc2c(c1)Nc1nccnc1S2. The number of aliphatic imine (C=N–C) groups is 1. The van der Waals surface area contributed by atoms with Crippen LogP contribution in [0.15, 0.2) is 58.2 Å². The van der Waals surface area contributed by atoms with Crippen molar-refractivity contribution in [2.75, 3.05) is 10.6 Å². The summed E-state index contributed by atoms with van der Waals surface area (Å²) in [5.74, 6) is 1.25. The molecule has 5 rings (SSSR count). The third kappa shape index (κ3) is 3.21. The van der Waals surface area contributed by atoms with E-state index >= 15 is 0 Å². The van der Waals surface area contributed by atoms with Crippen molar-refractivity contribution in [3.8, 4) is 6.19 Å². The van der Waals surface area contributed by atoms with E-state index in [0.717, 1.165) is 27.0 Å². The van der Waals surface area contributed by atoms with Crippen LogP contribution >= 0.6 is 11.8 Å². The average Bonchev–Trinajstić information content (AvgIpc) is 3.16. The maximum atomic E-state index is 8.51. The zero-order valence-electron chi connectivity index (χ0n) is 14.8. The minimum absolute atomic E-state index is 0.492. The smallest absolute Gasteiger partial charge is 0.207 e. The number of hydrogen-bond acceptors (Lipinski definition) is 9. The number of rotatable bonds is 4. The molecular weight excluding hydrogens is 388 g/mol. The highest BCUT2D eigenvalue weighted by Crippen LogP contribution is 2.42. The summed E-state index contributed by atoms with van der Waals surface area (Å²) in [6.45, 7) is 0.589. The molecule has 0 radical (unpaired) electrons. The van der Waals surface area contributed by atoms with E-state index in [9.17, 15) is 0 Å². The van der Waals surface area contributed by atoms with Gasteiger partial charge in [-0.05, 0) is 17.7 Å². The minimum Gasteiger partial charge on any atom is -0.337 e. The third-order valence-corrected chi connectivity index (χ3v) is 5.31. The Morgan fingerprint density at radius 2 is 2.14 bits per heavy atom. The van der Waals surface area contributed by atoms with Crippen molar-refractivity contribution in [3.63, 3.8) is 0 Å². The molecule has 2 N–H and O–H groups in total. The summed E-state index contributed by atoms with van der Waals surface area (Å²) in [6, 6.07) is 6.23. The van der Waals surface area contributed by atoms with Gasteiger partial charge in [0.1, 0.15) is 17.7 Å². The zero-order chi connectivity index (χ0) is 19.6. The molecule has 0 unspecified atom stereocenters. The van der Waals surface area contributed by atoms with Crippen LogP contribution in [0.5, 0.6) is 0 Å².